The fourth-order valence-electron chi connectivity index (χ4n) is 1.84. The number of benzene rings is 2. The highest BCUT2D eigenvalue weighted by Crippen LogP contribution is 2.19. The Bertz CT molecular complexity index is 571. The minimum absolute atomic E-state index is 0.757. The molecule has 0 aromatic heterocycles. The van der Waals surface area contributed by atoms with Gasteiger partial charge in [-0.2, -0.15) is 0 Å². The summed E-state index contributed by atoms with van der Waals surface area (Å²) < 4.78 is 0. The number of hydrogen-bond donors (Lipinski definition) is 1. The van der Waals surface area contributed by atoms with Crippen LogP contribution in [0.4, 0.5) is 11.4 Å². The molecule has 0 saturated heterocycles. The second-order valence-corrected chi connectivity index (χ2v) is 4.17. The van der Waals surface area contributed by atoms with Gasteiger partial charge in [0.1, 0.15) is 5.84 Å². The number of hydrogen-bond acceptors (Lipinski definition) is 1. The molecule has 2 heteroatoms. The molecule has 0 spiro atoms. The SMILES string of the molecule is C=CC(=Nc1ccccc1CC)Nc1ccccc1. The molecule has 2 nitrogen and oxygen atoms in total. The maximum absolute atomic E-state index is 4.63. The zero-order valence-electron chi connectivity index (χ0n) is 11.1. The zero-order valence-corrected chi connectivity index (χ0v) is 11.1. The minimum atomic E-state index is 0.757. The van der Waals surface area contributed by atoms with E-state index >= 15 is 0 Å². The first-order valence-corrected chi connectivity index (χ1v) is 6.44. The predicted molar refractivity (Wildman–Crippen MR) is 83.2 cm³/mol. The van der Waals surface area contributed by atoms with Crippen molar-refractivity contribution in [2.45, 2.75) is 13.3 Å². The van der Waals surface area contributed by atoms with Gasteiger partial charge in [-0.25, -0.2) is 4.99 Å². The first-order valence-electron chi connectivity index (χ1n) is 6.44. The summed E-state index contributed by atoms with van der Waals surface area (Å²) in [6.45, 7) is 5.95. The first-order chi connectivity index (χ1) is 9.33. The van der Waals surface area contributed by atoms with Crippen molar-refractivity contribution >= 4 is 17.2 Å². The number of amidine groups is 1. The van der Waals surface area contributed by atoms with Crippen LogP contribution in [0.5, 0.6) is 0 Å². The number of rotatable bonds is 4. The summed E-state index contributed by atoms with van der Waals surface area (Å²) in [6.07, 6.45) is 2.70. The summed E-state index contributed by atoms with van der Waals surface area (Å²) in [6, 6.07) is 18.1. The highest BCUT2D eigenvalue weighted by atomic mass is 15.0. The van der Waals surface area contributed by atoms with Crippen LogP contribution in [0.25, 0.3) is 0 Å². The van der Waals surface area contributed by atoms with Crippen LogP contribution in [-0.4, -0.2) is 5.84 Å². The highest BCUT2D eigenvalue weighted by molar-refractivity contribution is 6.04. The summed E-state index contributed by atoms with van der Waals surface area (Å²) in [5.41, 5.74) is 3.23. The number of nitrogens with zero attached hydrogens (tertiary/aromatic N) is 1. The van der Waals surface area contributed by atoms with Crippen LogP contribution >= 0.6 is 0 Å². The largest absolute Gasteiger partial charge is 0.340 e. The third kappa shape index (κ3) is 3.55. The molecular weight excluding hydrogens is 232 g/mol. The van der Waals surface area contributed by atoms with E-state index in [2.05, 4.69) is 29.9 Å². The van der Waals surface area contributed by atoms with Crippen molar-refractivity contribution in [2.24, 2.45) is 4.99 Å². The molecule has 0 aliphatic heterocycles. The van der Waals surface area contributed by atoms with Crippen LogP contribution in [0, 0.1) is 0 Å². The van der Waals surface area contributed by atoms with Crippen molar-refractivity contribution in [3.63, 3.8) is 0 Å². The lowest BCUT2D eigenvalue weighted by molar-refractivity contribution is 1.13. The van der Waals surface area contributed by atoms with Gasteiger partial charge in [0.15, 0.2) is 0 Å². The second kappa shape index (κ2) is 6.55. The van der Waals surface area contributed by atoms with Gasteiger partial charge in [0.2, 0.25) is 0 Å². The molecule has 0 heterocycles. The molecule has 0 amide bonds. The minimum Gasteiger partial charge on any atom is -0.340 e. The maximum Gasteiger partial charge on any atom is 0.130 e. The Morgan fingerprint density at radius 1 is 1.11 bits per heavy atom. The third-order valence-electron chi connectivity index (χ3n) is 2.85. The van der Waals surface area contributed by atoms with Crippen LogP contribution in [0.1, 0.15) is 12.5 Å². The van der Waals surface area contributed by atoms with E-state index in [9.17, 15) is 0 Å². The molecule has 0 aliphatic carbocycles. The predicted octanol–water partition coefficient (Wildman–Crippen LogP) is 4.58. The molecule has 96 valence electrons. The van der Waals surface area contributed by atoms with Gasteiger partial charge >= 0.3 is 0 Å². The Morgan fingerprint density at radius 3 is 2.47 bits per heavy atom. The van der Waals surface area contributed by atoms with Crippen LogP contribution in [0.15, 0.2) is 72.2 Å². The molecule has 0 unspecified atom stereocenters. The first kappa shape index (κ1) is 13.1. The Kier molecular flexibility index (Phi) is 4.51. The molecule has 0 aliphatic rings. The quantitative estimate of drug-likeness (QED) is 0.623. The fraction of sp³-hybridized carbons (Fsp3) is 0.118. The molecule has 0 bridgehead atoms. The molecule has 0 atom stereocenters. The van der Waals surface area contributed by atoms with Crippen molar-refractivity contribution in [1.82, 2.24) is 0 Å². The zero-order chi connectivity index (χ0) is 13.5. The van der Waals surface area contributed by atoms with E-state index in [4.69, 9.17) is 0 Å². The number of anilines is 1. The van der Waals surface area contributed by atoms with Crippen molar-refractivity contribution in [3.8, 4) is 0 Å². The van der Waals surface area contributed by atoms with E-state index in [0.29, 0.717) is 0 Å². The highest BCUT2D eigenvalue weighted by Gasteiger charge is 2.00. The van der Waals surface area contributed by atoms with Gasteiger partial charge in [-0.05, 0) is 36.3 Å². The summed E-state index contributed by atoms with van der Waals surface area (Å²) in [4.78, 5) is 4.63. The molecule has 1 N–H and O–H groups in total. The molecule has 0 fully saturated rings. The maximum atomic E-state index is 4.63. The van der Waals surface area contributed by atoms with Crippen molar-refractivity contribution in [3.05, 3.63) is 72.8 Å². The van der Waals surface area contributed by atoms with Crippen LogP contribution < -0.4 is 5.32 Å². The normalized spacial score (nSPS) is 11.1. The smallest absolute Gasteiger partial charge is 0.130 e. The van der Waals surface area contributed by atoms with Gasteiger partial charge in [-0.15, -0.1) is 0 Å². The lowest BCUT2D eigenvalue weighted by Gasteiger charge is -2.08. The lowest BCUT2D eigenvalue weighted by Crippen LogP contribution is -2.08. The monoisotopic (exact) mass is 250 g/mol. The van der Waals surface area contributed by atoms with E-state index in [1.165, 1.54) is 5.56 Å². The average molecular weight is 250 g/mol. The number of aliphatic imine (C=N–C) groups is 1. The average Bonchev–Trinajstić information content (AvgIpc) is 2.48. The summed E-state index contributed by atoms with van der Waals surface area (Å²) in [5.74, 6) is 0.757. The molecule has 19 heavy (non-hydrogen) atoms. The topological polar surface area (TPSA) is 24.4 Å². The lowest BCUT2D eigenvalue weighted by atomic mass is 10.1. The van der Waals surface area contributed by atoms with Gasteiger partial charge in [0, 0.05) is 5.69 Å². The fourth-order valence-corrected chi connectivity index (χ4v) is 1.84. The molecular formula is C17H18N2. The van der Waals surface area contributed by atoms with Gasteiger partial charge < -0.3 is 5.32 Å². The van der Waals surface area contributed by atoms with Crippen LogP contribution in [-0.2, 0) is 6.42 Å². The molecule has 0 radical (unpaired) electrons. The van der Waals surface area contributed by atoms with E-state index in [-0.39, 0.29) is 0 Å². The second-order valence-electron chi connectivity index (χ2n) is 4.17. The molecule has 0 saturated carbocycles. The van der Waals surface area contributed by atoms with Gasteiger partial charge in [-0.3, -0.25) is 0 Å². The number of aryl methyl sites for hydroxylation is 1. The van der Waals surface area contributed by atoms with E-state index in [1.807, 2.05) is 48.5 Å². The van der Waals surface area contributed by atoms with E-state index in [0.717, 1.165) is 23.6 Å². The Balaban J connectivity index is 2.26. The standard InChI is InChI=1S/C17H18N2/c1-3-14-10-8-9-13-16(14)19-17(4-2)18-15-11-6-5-7-12-15/h4-13H,2-3H2,1H3,(H,18,19). The third-order valence-corrected chi connectivity index (χ3v) is 2.85. The van der Waals surface area contributed by atoms with Gasteiger partial charge in [-0.1, -0.05) is 49.9 Å². The van der Waals surface area contributed by atoms with Crippen LogP contribution in [0.2, 0.25) is 0 Å². The Labute approximate surface area is 114 Å². The van der Waals surface area contributed by atoms with Crippen molar-refractivity contribution < 1.29 is 0 Å². The molecule has 2 aromatic rings. The summed E-state index contributed by atoms with van der Waals surface area (Å²) in [7, 11) is 0. The van der Waals surface area contributed by atoms with Crippen LogP contribution in [0.3, 0.4) is 0 Å². The van der Waals surface area contributed by atoms with E-state index < -0.39 is 0 Å². The number of nitrogens with one attached hydrogen (secondary N) is 1. The van der Waals surface area contributed by atoms with Crippen molar-refractivity contribution in [1.29, 1.82) is 0 Å². The van der Waals surface area contributed by atoms with Crippen molar-refractivity contribution in [2.75, 3.05) is 5.32 Å². The Morgan fingerprint density at radius 2 is 1.79 bits per heavy atom. The summed E-state index contributed by atoms with van der Waals surface area (Å²) >= 11 is 0. The molecule has 2 rings (SSSR count). The van der Waals surface area contributed by atoms with Gasteiger partial charge in [0.25, 0.3) is 0 Å². The molecule has 2 aromatic carbocycles. The van der Waals surface area contributed by atoms with Gasteiger partial charge in [0.05, 0.1) is 5.69 Å². The summed E-state index contributed by atoms with van der Waals surface area (Å²) in [5, 5.41) is 3.26. The number of para-hydroxylation sites is 2. The Hall–Kier alpha value is -2.35. The van der Waals surface area contributed by atoms with E-state index in [1.54, 1.807) is 6.08 Å².